The van der Waals surface area contributed by atoms with Gasteiger partial charge in [-0.1, -0.05) is 32.1 Å². The van der Waals surface area contributed by atoms with Crippen LogP contribution in [0.5, 0.6) is 0 Å². The number of aliphatic hydroxyl groups is 3. The zero-order valence-corrected chi connectivity index (χ0v) is 14.9. The van der Waals surface area contributed by atoms with E-state index >= 15 is 0 Å². The van der Waals surface area contributed by atoms with E-state index < -0.39 is 11.5 Å². The van der Waals surface area contributed by atoms with Crippen LogP contribution >= 0.6 is 0 Å². The Labute approximate surface area is 148 Å². The van der Waals surface area contributed by atoms with Gasteiger partial charge in [0.15, 0.2) is 0 Å². The molecule has 0 radical (unpaired) electrons. The molecule has 0 amide bonds. The van der Waals surface area contributed by atoms with Crippen molar-refractivity contribution in [3.05, 3.63) is 35.5 Å². The second-order valence-corrected chi connectivity index (χ2v) is 8.04. The van der Waals surface area contributed by atoms with Crippen LogP contribution < -0.4 is 0 Å². The Balaban J connectivity index is 1.97. The summed E-state index contributed by atoms with van der Waals surface area (Å²) >= 11 is 0. The molecule has 0 bridgehead atoms. The first kappa shape index (κ1) is 18.4. The zero-order valence-electron chi connectivity index (χ0n) is 14.9. The molecule has 5 nitrogen and oxygen atoms in total. The molecule has 0 aromatic rings. The largest absolute Gasteiger partial charge is 0.458 e. The van der Waals surface area contributed by atoms with E-state index in [1.54, 1.807) is 12.2 Å². The van der Waals surface area contributed by atoms with Crippen molar-refractivity contribution >= 4 is 5.97 Å². The summed E-state index contributed by atoms with van der Waals surface area (Å²) in [5.74, 6) is -0.255. The predicted octanol–water partition coefficient (Wildman–Crippen LogP) is 1.74. The highest BCUT2D eigenvalue weighted by Crippen LogP contribution is 2.60. The van der Waals surface area contributed by atoms with Crippen molar-refractivity contribution in [1.29, 1.82) is 0 Å². The second-order valence-electron chi connectivity index (χ2n) is 8.04. The average molecular weight is 348 g/mol. The van der Waals surface area contributed by atoms with E-state index in [4.69, 9.17) is 4.74 Å². The first-order valence-corrected chi connectivity index (χ1v) is 9.01. The van der Waals surface area contributed by atoms with Crippen molar-refractivity contribution in [1.82, 2.24) is 0 Å². The van der Waals surface area contributed by atoms with Crippen LogP contribution in [0.2, 0.25) is 0 Å². The Morgan fingerprint density at radius 2 is 2.08 bits per heavy atom. The lowest BCUT2D eigenvalue weighted by Gasteiger charge is -2.58. The van der Waals surface area contributed by atoms with Gasteiger partial charge in [-0.15, -0.1) is 0 Å². The lowest BCUT2D eigenvalue weighted by atomic mass is 9.47. The van der Waals surface area contributed by atoms with Crippen molar-refractivity contribution in [2.45, 2.75) is 39.2 Å². The summed E-state index contributed by atoms with van der Waals surface area (Å²) in [5.41, 5.74) is 0.730. The highest BCUT2D eigenvalue weighted by molar-refractivity contribution is 5.93. The van der Waals surface area contributed by atoms with E-state index in [1.165, 1.54) is 0 Å². The summed E-state index contributed by atoms with van der Waals surface area (Å²) in [6.07, 6.45) is 9.20. The van der Waals surface area contributed by atoms with Crippen molar-refractivity contribution < 1.29 is 24.9 Å². The Bertz CT molecular complexity index is 634. The van der Waals surface area contributed by atoms with Crippen LogP contribution in [-0.2, 0) is 9.53 Å². The van der Waals surface area contributed by atoms with Crippen LogP contribution in [0.4, 0.5) is 0 Å². The van der Waals surface area contributed by atoms with Gasteiger partial charge in [-0.05, 0) is 42.2 Å². The first-order chi connectivity index (χ1) is 11.9. The number of aliphatic hydroxyl groups excluding tert-OH is 3. The number of ether oxygens (including phenoxy) is 1. The number of cyclic esters (lactones) is 1. The highest BCUT2D eigenvalue weighted by Gasteiger charge is 2.56. The van der Waals surface area contributed by atoms with Gasteiger partial charge in [0.25, 0.3) is 0 Å². The number of allylic oxidation sites excluding steroid dienone is 2. The number of hydrogen-bond acceptors (Lipinski definition) is 5. The molecule has 3 rings (SSSR count). The number of hydrogen-bond donors (Lipinski definition) is 3. The smallest absolute Gasteiger partial charge is 0.338 e. The molecule has 1 saturated carbocycles. The molecule has 0 unspecified atom stereocenters. The van der Waals surface area contributed by atoms with Crippen LogP contribution in [0, 0.1) is 22.7 Å². The van der Waals surface area contributed by atoms with E-state index in [-0.39, 0.29) is 36.4 Å². The third-order valence-corrected chi connectivity index (χ3v) is 6.78. The van der Waals surface area contributed by atoms with Crippen molar-refractivity contribution in [3.63, 3.8) is 0 Å². The van der Waals surface area contributed by atoms with Crippen LogP contribution in [0.3, 0.4) is 0 Å². The minimum atomic E-state index is -0.567. The number of carbonyl (C=O) groups is 1. The standard InChI is InChI=1S/C20H28O5/c1-19-9-7-17(23)20(2,12-22)16(19)6-4-14(11-21)15(19)5-3-13-8-10-25-18(13)24/h3-5,8,15-17,21-23H,6-7,9-12H2,1-2H3/b5-3+/t15-,16+,17-,19+,20+/m1/s1. The normalized spacial score (nSPS) is 41.3. The summed E-state index contributed by atoms with van der Waals surface area (Å²) in [6, 6.07) is 0. The van der Waals surface area contributed by atoms with Gasteiger partial charge in [0, 0.05) is 11.3 Å². The fourth-order valence-electron chi connectivity index (χ4n) is 5.10. The van der Waals surface area contributed by atoms with E-state index in [0.717, 1.165) is 18.4 Å². The topological polar surface area (TPSA) is 87.0 Å². The summed E-state index contributed by atoms with van der Waals surface area (Å²) in [7, 11) is 0. The van der Waals surface area contributed by atoms with Crippen molar-refractivity contribution in [2.75, 3.05) is 19.8 Å². The average Bonchev–Trinajstić information content (AvgIpc) is 3.01. The Kier molecular flexibility index (Phi) is 4.93. The van der Waals surface area contributed by atoms with Crippen LogP contribution in [0.1, 0.15) is 33.1 Å². The van der Waals surface area contributed by atoms with Crippen LogP contribution in [0.15, 0.2) is 35.5 Å². The maximum Gasteiger partial charge on any atom is 0.338 e. The molecule has 5 heteroatoms. The summed E-state index contributed by atoms with van der Waals surface area (Å²) in [6.45, 7) is 4.34. The van der Waals surface area contributed by atoms with E-state index in [0.29, 0.717) is 18.6 Å². The second kappa shape index (κ2) is 6.71. The van der Waals surface area contributed by atoms with Crippen molar-refractivity contribution in [3.8, 4) is 0 Å². The number of esters is 1. The van der Waals surface area contributed by atoms with Gasteiger partial charge in [0.2, 0.25) is 0 Å². The van der Waals surface area contributed by atoms with Crippen LogP contribution in [-0.4, -0.2) is 47.2 Å². The van der Waals surface area contributed by atoms with Gasteiger partial charge in [0.1, 0.15) is 6.61 Å². The molecular weight excluding hydrogens is 320 g/mol. The fourth-order valence-corrected chi connectivity index (χ4v) is 5.10. The van der Waals surface area contributed by atoms with E-state index in [9.17, 15) is 20.1 Å². The monoisotopic (exact) mass is 348 g/mol. The van der Waals surface area contributed by atoms with Gasteiger partial charge in [-0.25, -0.2) is 4.79 Å². The van der Waals surface area contributed by atoms with Gasteiger partial charge in [0.05, 0.1) is 24.9 Å². The summed E-state index contributed by atoms with van der Waals surface area (Å²) in [5, 5.41) is 30.4. The molecule has 2 aliphatic carbocycles. The molecule has 0 saturated heterocycles. The molecule has 1 fully saturated rings. The van der Waals surface area contributed by atoms with Gasteiger partial charge in [-0.3, -0.25) is 0 Å². The molecule has 1 heterocycles. The molecule has 0 aromatic heterocycles. The fraction of sp³-hybridized carbons (Fsp3) is 0.650. The predicted molar refractivity (Wildman–Crippen MR) is 93.5 cm³/mol. The Morgan fingerprint density at radius 3 is 2.68 bits per heavy atom. The minimum Gasteiger partial charge on any atom is -0.458 e. The molecule has 0 spiro atoms. The molecule has 0 aromatic carbocycles. The third-order valence-electron chi connectivity index (χ3n) is 6.78. The van der Waals surface area contributed by atoms with Crippen molar-refractivity contribution in [2.24, 2.45) is 22.7 Å². The molecule has 3 N–H and O–H groups in total. The lowest BCUT2D eigenvalue weighted by Crippen LogP contribution is -2.56. The highest BCUT2D eigenvalue weighted by atomic mass is 16.5. The molecular formula is C20H28O5. The molecule has 138 valence electrons. The van der Waals surface area contributed by atoms with Gasteiger partial charge in [-0.2, -0.15) is 0 Å². The van der Waals surface area contributed by atoms with Gasteiger partial charge >= 0.3 is 5.97 Å². The van der Waals surface area contributed by atoms with Gasteiger partial charge < -0.3 is 20.1 Å². The number of fused-ring (bicyclic) bond motifs is 1. The SMILES string of the molecule is C[C@]1(CO)[C@H]2CC=C(CO)[C@@H](/C=C/C3=CCOC3=O)[C@]2(C)CC[C@H]1O. The van der Waals surface area contributed by atoms with Crippen LogP contribution in [0.25, 0.3) is 0 Å². The Morgan fingerprint density at radius 1 is 1.32 bits per heavy atom. The first-order valence-electron chi connectivity index (χ1n) is 9.01. The van der Waals surface area contributed by atoms with E-state index in [2.05, 4.69) is 6.92 Å². The summed E-state index contributed by atoms with van der Waals surface area (Å²) < 4.78 is 4.94. The molecule has 25 heavy (non-hydrogen) atoms. The zero-order chi connectivity index (χ0) is 18.2. The third kappa shape index (κ3) is 2.88. The quantitative estimate of drug-likeness (QED) is 0.532. The molecule has 5 atom stereocenters. The molecule has 1 aliphatic heterocycles. The summed E-state index contributed by atoms with van der Waals surface area (Å²) in [4.78, 5) is 11.7. The number of carbonyl (C=O) groups excluding carboxylic acids is 1. The maximum atomic E-state index is 11.7. The number of rotatable bonds is 4. The minimum absolute atomic E-state index is 0.0286. The van der Waals surface area contributed by atoms with E-state index in [1.807, 2.05) is 19.1 Å². The lowest BCUT2D eigenvalue weighted by molar-refractivity contribution is -0.139. The Hall–Kier alpha value is -1.43. The molecule has 3 aliphatic rings. The maximum absolute atomic E-state index is 11.7.